The van der Waals surface area contributed by atoms with Gasteiger partial charge in [0.25, 0.3) is 0 Å². The highest BCUT2D eigenvalue weighted by molar-refractivity contribution is 5.42. The molecule has 112 valence electrons. The summed E-state index contributed by atoms with van der Waals surface area (Å²) < 4.78 is 0. The molecule has 5 heteroatoms. The molecule has 0 radical (unpaired) electrons. The number of nitrogens with zero attached hydrogens (tertiary/aromatic N) is 4. The maximum absolute atomic E-state index is 4.56. The summed E-state index contributed by atoms with van der Waals surface area (Å²) in [6.45, 7) is 7.20. The second kappa shape index (κ2) is 6.52. The van der Waals surface area contributed by atoms with Gasteiger partial charge in [0.15, 0.2) is 0 Å². The summed E-state index contributed by atoms with van der Waals surface area (Å²) in [5.41, 5.74) is 1.25. The van der Waals surface area contributed by atoms with Gasteiger partial charge in [0, 0.05) is 37.7 Å². The average molecular weight is 285 g/mol. The Balaban J connectivity index is 1.99. The smallest absolute Gasteiger partial charge is 0.226 e. The van der Waals surface area contributed by atoms with Gasteiger partial charge in [-0.3, -0.25) is 4.98 Å². The molecule has 21 heavy (non-hydrogen) atoms. The fraction of sp³-hybridized carbons (Fsp3) is 0.438. The van der Waals surface area contributed by atoms with Gasteiger partial charge in [-0.15, -0.1) is 0 Å². The molecular weight excluding hydrogens is 262 g/mol. The Kier molecular flexibility index (Phi) is 4.73. The Labute approximate surface area is 126 Å². The number of likely N-dealkylation sites (N-methyl/N-ethyl adjacent to an activating group) is 1. The lowest BCUT2D eigenvalue weighted by Crippen LogP contribution is -2.28. The van der Waals surface area contributed by atoms with Crippen LogP contribution in [0.15, 0.2) is 36.8 Å². The molecule has 5 nitrogen and oxygen atoms in total. The van der Waals surface area contributed by atoms with Gasteiger partial charge in [0.2, 0.25) is 5.95 Å². The normalized spacial score (nSPS) is 11.2. The van der Waals surface area contributed by atoms with Crippen molar-refractivity contribution in [3.05, 3.63) is 42.4 Å². The fourth-order valence-corrected chi connectivity index (χ4v) is 1.93. The Morgan fingerprint density at radius 1 is 1.10 bits per heavy atom. The topological polar surface area (TPSA) is 53.9 Å². The minimum absolute atomic E-state index is 0.0127. The summed E-state index contributed by atoms with van der Waals surface area (Å²) >= 11 is 0. The molecule has 0 atom stereocenters. The third kappa shape index (κ3) is 5.02. The molecule has 0 amide bonds. The predicted octanol–water partition coefficient (Wildman–Crippen LogP) is 2.76. The molecule has 0 saturated carbocycles. The van der Waals surface area contributed by atoms with Crippen LogP contribution in [0.1, 0.15) is 26.3 Å². The van der Waals surface area contributed by atoms with E-state index >= 15 is 0 Å². The van der Waals surface area contributed by atoms with E-state index in [1.54, 1.807) is 6.20 Å². The Bertz CT molecular complexity index is 562. The van der Waals surface area contributed by atoms with Gasteiger partial charge in [-0.1, -0.05) is 0 Å². The van der Waals surface area contributed by atoms with Gasteiger partial charge in [0.1, 0.15) is 5.82 Å². The molecule has 0 aliphatic carbocycles. The van der Waals surface area contributed by atoms with E-state index in [0.717, 1.165) is 24.7 Å². The molecule has 0 saturated heterocycles. The lowest BCUT2D eigenvalue weighted by molar-refractivity contribution is 0.629. The molecule has 2 aromatic rings. The minimum Gasteiger partial charge on any atom is -0.365 e. The largest absolute Gasteiger partial charge is 0.365 e. The fourth-order valence-electron chi connectivity index (χ4n) is 1.93. The van der Waals surface area contributed by atoms with E-state index in [-0.39, 0.29) is 5.54 Å². The molecular formula is C16H23N5. The quantitative estimate of drug-likeness (QED) is 0.915. The third-order valence-electron chi connectivity index (χ3n) is 2.97. The van der Waals surface area contributed by atoms with Crippen LogP contribution in [0.2, 0.25) is 0 Å². The molecule has 0 spiro atoms. The number of hydrogen-bond acceptors (Lipinski definition) is 5. The third-order valence-corrected chi connectivity index (χ3v) is 2.97. The van der Waals surface area contributed by atoms with Crippen LogP contribution in [-0.4, -0.2) is 34.1 Å². The lowest BCUT2D eigenvalue weighted by Gasteiger charge is -2.23. The van der Waals surface area contributed by atoms with Crippen molar-refractivity contribution in [3.8, 4) is 0 Å². The number of hydrogen-bond donors (Lipinski definition) is 1. The molecule has 2 heterocycles. The van der Waals surface area contributed by atoms with Gasteiger partial charge in [-0.25, -0.2) is 4.98 Å². The van der Waals surface area contributed by atoms with Gasteiger partial charge in [-0.05, 0) is 51.0 Å². The summed E-state index contributed by atoms with van der Waals surface area (Å²) in [5.74, 6) is 1.58. The Hall–Kier alpha value is -2.17. The molecule has 1 N–H and O–H groups in total. The highest BCUT2D eigenvalue weighted by Gasteiger charge is 2.11. The van der Waals surface area contributed by atoms with Crippen LogP contribution in [0.5, 0.6) is 0 Å². The summed E-state index contributed by atoms with van der Waals surface area (Å²) in [6, 6.07) is 5.96. The van der Waals surface area contributed by atoms with E-state index in [4.69, 9.17) is 0 Å². The van der Waals surface area contributed by atoms with Gasteiger partial charge >= 0.3 is 0 Å². The SMILES string of the molecule is CN(CCc1ccncc1)c1nccc(NC(C)(C)C)n1. The molecule has 0 aliphatic heterocycles. The number of aromatic nitrogens is 3. The van der Waals surface area contributed by atoms with Crippen molar-refractivity contribution in [2.75, 3.05) is 23.8 Å². The predicted molar refractivity (Wildman–Crippen MR) is 86.6 cm³/mol. The zero-order chi connectivity index (χ0) is 15.3. The van der Waals surface area contributed by atoms with Crippen molar-refractivity contribution < 1.29 is 0 Å². The van der Waals surface area contributed by atoms with Crippen molar-refractivity contribution in [3.63, 3.8) is 0 Å². The average Bonchev–Trinajstić information content (AvgIpc) is 2.44. The highest BCUT2D eigenvalue weighted by Crippen LogP contribution is 2.14. The van der Waals surface area contributed by atoms with Crippen LogP contribution >= 0.6 is 0 Å². The van der Waals surface area contributed by atoms with Crippen molar-refractivity contribution in [1.82, 2.24) is 15.0 Å². The Morgan fingerprint density at radius 3 is 2.48 bits per heavy atom. The van der Waals surface area contributed by atoms with E-state index in [9.17, 15) is 0 Å². The standard InChI is InChI=1S/C16H23N5/c1-16(2,3)20-14-7-11-18-15(19-14)21(4)12-8-13-5-9-17-10-6-13/h5-7,9-11H,8,12H2,1-4H3,(H,18,19,20). The molecule has 0 aliphatic rings. The van der Waals surface area contributed by atoms with E-state index < -0.39 is 0 Å². The number of nitrogens with one attached hydrogen (secondary N) is 1. The van der Waals surface area contributed by atoms with Crippen molar-refractivity contribution in [2.24, 2.45) is 0 Å². The summed E-state index contributed by atoms with van der Waals surface area (Å²) in [6.07, 6.45) is 6.37. The van der Waals surface area contributed by atoms with Crippen LogP contribution < -0.4 is 10.2 Å². The summed E-state index contributed by atoms with van der Waals surface area (Å²) in [4.78, 5) is 15.0. The molecule has 0 unspecified atom stereocenters. The van der Waals surface area contributed by atoms with Crippen LogP contribution in [0.4, 0.5) is 11.8 Å². The first-order valence-electron chi connectivity index (χ1n) is 7.15. The van der Waals surface area contributed by atoms with Crippen LogP contribution in [0.3, 0.4) is 0 Å². The van der Waals surface area contributed by atoms with Crippen LogP contribution in [-0.2, 0) is 6.42 Å². The van der Waals surface area contributed by atoms with Crippen LogP contribution in [0.25, 0.3) is 0 Å². The summed E-state index contributed by atoms with van der Waals surface area (Å²) in [7, 11) is 2.01. The zero-order valence-corrected chi connectivity index (χ0v) is 13.2. The first kappa shape index (κ1) is 15.2. The lowest BCUT2D eigenvalue weighted by atomic mass is 10.1. The van der Waals surface area contributed by atoms with E-state index in [2.05, 4.69) is 45.9 Å². The van der Waals surface area contributed by atoms with Gasteiger partial charge < -0.3 is 10.2 Å². The molecule has 2 aromatic heterocycles. The van der Waals surface area contributed by atoms with Crippen molar-refractivity contribution >= 4 is 11.8 Å². The minimum atomic E-state index is -0.0127. The first-order valence-corrected chi connectivity index (χ1v) is 7.15. The van der Waals surface area contributed by atoms with Crippen molar-refractivity contribution in [1.29, 1.82) is 0 Å². The maximum atomic E-state index is 4.56. The number of pyridine rings is 1. The molecule has 0 bridgehead atoms. The van der Waals surface area contributed by atoms with Gasteiger partial charge in [0.05, 0.1) is 0 Å². The second-order valence-corrected chi connectivity index (χ2v) is 6.14. The summed E-state index contributed by atoms with van der Waals surface area (Å²) in [5, 5.41) is 3.36. The highest BCUT2D eigenvalue weighted by atomic mass is 15.2. The maximum Gasteiger partial charge on any atom is 0.226 e. The second-order valence-electron chi connectivity index (χ2n) is 6.14. The first-order chi connectivity index (χ1) is 9.94. The van der Waals surface area contributed by atoms with E-state index in [1.807, 2.05) is 37.6 Å². The van der Waals surface area contributed by atoms with E-state index in [1.165, 1.54) is 5.56 Å². The zero-order valence-electron chi connectivity index (χ0n) is 13.2. The molecule has 2 rings (SSSR count). The Morgan fingerprint density at radius 2 is 1.81 bits per heavy atom. The van der Waals surface area contributed by atoms with Gasteiger partial charge in [-0.2, -0.15) is 4.98 Å². The number of rotatable bonds is 5. The molecule has 0 fully saturated rings. The molecule has 0 aromatic carbocycles. The van der Waals surface area contributed by atoms with E-state index in [0.29, 0.717) is 0 Å². The van der Waals surface area contributed by atoms with Crippen molar-refractivity contribution in [2.45, 2.75) is 32.7 Å². The van der Waals surface area contributed by atoms with Crippen LogP contribution in [0, 0.1) is 0 Å². The number of anilines is 2. The monoisotopic (exact) mass is 285 g/mol.